The van der Waals surface area contributed by atoms with E-state index in [1.54, 1.807) is 0 Å². The van der Waals surface area contributed by atoms with Crippen LogP contribution in [0.2, 0.25) is 5.02 Å². The minimum Gasteiger partial charge on any atom is -0.492 e. The Morgan fingerprint density at radius 3 is 2.47 bits per heavy atom. The summed E-state index contributed by atoms with van der Waals surface area (Å²) in [5, 5.41) is 0.633. The van der Waals surface area contributed by atoms with Crippen molar-refractivity contribution in [3.63, 3.8) is 0 Å². The molecule has 1 rings (SSSR count). The van der Waals surface area contributed by atoms with Crippen LogP contribution in [-0.4, -0.2) is 6.61 Å². The third-order valence-corrected chi connectivity index (χ3v) is 2.81. The molecule has 0 fully saturated rings. The maximum atomic E-state index is 6.17. The molecule has 3 heteroatoms. The zero-order valence-corrected chi connectivity index (χ0v) is 11.8. The quantitative estimate of drug-likeness (QED) is 0.876. The normalized spacial score (nSPS) is 13.5. The number of hydrogen-bond donors (Lipinski definition) is 1. The third kappa shape index (κ3) is 4.57. The summed E-state index contributed by atoms with van der Waals surface area (Å²) in [7, 11) is 0. The lowest BCUT2D eigenvalue weighted by atomic mass is 9.86. The molecule has 0 aliphatic heterocycles. The van der Waals surface area contributed by atoms with Gasteiger partial charge in [-0.25, -0.2) is 0 Å². The first-order valence-corrected chi connectivity index (χ1v) is 6.39. The van der Waals surface area contributed by atoms with Crippen molar-refractivity contribution in [1.29, 1.82) is 0 Å². The van der Waals surface area contributed by atoms with Crippen LogP contribution in [0.4, 0.5) is 0 Å². The minimum atomic E-state index is 0.0168. The van der Waals surface area contributed by atoms with Crippen LogP contribution in [0.25, 0.3) is 0 Å². The van der Waals surface area contributed by atoms with Gasteiger partial charge in [0, 0.05) is 6.04 Å². The number of halogens is 1. The van der Waals surface area contributed by atoms with Crippen molar-refractivity contribution >= 4 is 11.6 Å². The molecule has 17 heavy (non-hydrogen) atoms. The number of ether oxygens (including phenoxy) is 1. The Kier molecular flexibility index (Phi) is 4.84. The SMILES string of the molecule is CCOc1ccc(C(N)CC(C)(C)C)cc1Cl. The van der Waals surface area contributed by atoms with Crippen LogP contribution in [0.3, 0.4) is 0 Å². The molecule has 0 aliphatic rings. The van der Waals surface area contributed by atoms with Gasteiger partial charge < -0.3 is 10.5 Å². The van der Waals surface area contributed by atoms with Crippen LogP contribution >= 0.6 is 11.6 Å². The van der Waals surface area contributed by atoms with Gasteiger partial charge in [-0.3, -0.25) is 0 Å². The summed E-state index contributed by atoms with van der Waals surface area (Å²) in [5.41, 5.74) is 7.45. The standard InChI is InChI=1S/C14H22ClNO/c1-5-17-13-7-6-10(8-11(13)15)12(16)9-14(2,3)4/h6-8,12H,5,9,16H2,1-4H3. The Morgan fingerprint density at radius 2 is 2.00 bits per heavy atom. The molecule has 0 radical (unpaired) electrons. The summed E-state index contributed by atoms with van der Waals surface area (Å²) < 4.78 is 5.40. The summed E-state index contributed by atoms with van der Waals surface area (Å²) in [6, 6.07) is 5.81. The smallest absolute Gasteiger partial charge is 0.137 e. The van der Waals surface area contributed by atoms with Gasteiger partial charge in [0.15, 0.2) is 0 Å². The van der Waals surface area contributed by atoms with Gasteiger partial charge in [-0.05, 0) is 36.5 Å². The molecule has 2 nitrogen and oxygen atoms in total. The van der Waals surface area contributed by atoms with Crippen molar-refractivity contribution < 1.29 is 4.74 Å². The first-order chi connectivity index (χ1) is 7.83. The Labute approximate surface area is 109 Å². The number of rotatable bonds is 4. The van der Waals surface area contributed by atoms with Crippen molar-refractivity contribution in [3.05, 3.63) is 28.8 Å². The molecule has 0 amide bonds. The molecule has 96 valence electrons. The van der Waals surface area contributed by atoms with Crippen molar-refractivity contribution in [2.75, 3.05) is 6.61 Å². The van der Waals surface area contributed by atoms with E-state index in [2.05, 4.69) is 20.8 Å². The molecule has 0 aliphatic carbocycles. The predicted molar refractivity (Wildman–Crippen MR) is 73.6 cm³/mol. The van der Waals surface area contributed by atoms with E-state index in [4.69, 9.17) is 22.1 Å². The summed E-state index contributed by atoms with van der Waals surface area (Å²) in [5.74, 6) is 0.723. The molecule has 1 unspecified atom stereocenters. The van der Waals surface area contributed by atoms with Crippen molar-refractivity contribution in [3.8, 4) is 5.75 Å². The summed E-state index contributed by atoms with van der Waals surface area (Å²) >= 11 is 6.14. The molecule has 0 spiro atoms. The molecule has 1 atom stereocenters. The maximum Gasteiger partial charge on any atom is 0.137 e. The van der Waals surface area contributed by atoms with Gasteiger partial charge in [-0.2, -0.15) is 0 Å². The highest BCUT2D eigenvalue weighted by Gasteiger charge is 2.17. The molecule has 0 aromatic heterocycles. The fourth-order valence-electron chi connectivity index (χ4n) is 1.80. The molecular formula is C14H22ClNO. The molecule has 0 saturated heterocycles. The molecule has 0 bridgehead atoms. The molecule has 1 aromatic carbocycles. The number of hydrogen-bond acceptors (Lipinski definition) is 2. The minimum absolute atomic E-state index is 0.0168. The van der Waals surface area contributed by atoms with Crippen LogP contribution in [0.5, 0.6) is 5.75 Å². The van der Waals surface area contributed by atoms with Crippen LogP contribution in [0.15, 0.2) is 18.2 Å². The highest BCUT2D eigenvalue weighted by Crippen LogP contribution is 2.32. The Hall–Kier alpha value is -0.730. The van der Waals surface area contributed by atoms with E-state index >= 15 is 0 Å². The van der Waals surface area contributed by atoms with E-state index in [1.165, 1.54) is 0 Å². The molecule has 1 aromatic rings. The van der Waals surface area contributed by atoms with E-state index in [9.17, 15) is 0 Å². The first kappa shape index (κ1) is 14.3. The second-order valence-corrected chi connectivity index (χ2v) is 5.90. The summed E-state index contributed by atoms with van der Waals surface area (Å²) in [6.07, 6.45) is 0.928. The molecule has 0 heterocycles. The second-order valence-electron chi connectivity index (χ2n) is 5.49. The van der Waals surface area contributed by atoms with Crippen LogP contribution in [0, 0.1) is 5.41 Å². The van der Waals surface area contributed by atoms with Gasteiger partial charge >= 0.3 is 0 Å². The van der Waals surface area contributed by atoms with Crippen LogP contribution < -0.4 is 10.5 Å². The second kappa shape index (κ2) is 5.74. The van der Waals surface area contributed by atoms with Gasteiger partial charge in [0.1, 0.15) is 5.75 Å². The van der Waals surface area contributed by atoms with Gasteiger partial charge in [0.25, 0.3) is 0 Å². The first-order valence-electron chi connectivity index (χ1n) is 6.01. The monoisotopic (exact) mass is 255 g/mol. The van der Waals surface area contributed by atoms with Crippen LogP contribution in [0.1, 0.15) is 45.7 Å². The Balaban J connectivity index is 2.82. The Morgan fingerprint density at radius 1 is 1.35 bits per heavy atom. The van der Waals surface area contributed by atoms with Crippen molar-refractivity contribution in [1.82, 2.24) is 0 Å². The van der Waals surface area contributed by atoms with Crippen LogP contribution in [-0.2, 0) is 0 Å². The van der Waals surface area contributed by atoms with E-state index in [0.717, 1.165) is 17.7 Å². The molecule has 0 saturated carbocycles. The van der Waals surface area contributed by atoms with Gasteiger partial charge in [0.05, 0.1) is 11.6 Å². The van der Waals surface area contributed by atoms with Gasteiger partial charge in [0.2, 0.25) is 0 Å². The highest BCUT2D eigenvalue weighted by molar-refractivity contribution is 6.32. The summed E-state index contributed by atoms with van der Waals surface area (Å²) in [6.45, 7) is 9.11. The third-order valence-electron chi connectivity index (χ3n) is 2.52. The molecular weight excluding hydrogens is 234 g/mol. The lowest BCUT2D eigenvalue weighted by Gasteiger charge is -2.23. The number of nitrogens with two attached hydrogens (primary N) is 1. The van der Waals surface area contributed by atoms with Gasteiger partial charge in [-0.1, -0.05) is 38.4 Å². The van der Waals surface area contributed by atoms with Crippen molar-refractivity contribution in [2.45, 2.75) is 40.2 Å². The maximum absolute atomic E-state index is 6.17. The highest BCUT2D eigenvalue weighted by atomic mass is 35.5. The predicted octanol–water partition coefficient (Wildman–Crippen LogP) is 4.17. The zero-order chi connectivity index (χ0) is 13.1. The van der Waals surface area contributed by atoms with Crippen molar-refractivity contribution in [2.24, 2.45) is 11.1 Å². The lowest BCUT2D eigenvalue weighted by Crippen LogP contribution is -2.18. The Bertz CT molecular complexity index is 371. The lowest BCUT2D eigenvalue weighted by molar-refractivity contribution is 0.337. The average molecular weight is 256 g/mol. The van der Waals surface area contributed by atoms with Gasteiger partial charge in [-0.15, -0.1) is 0 Å². The average Bonchev–Trinajstić information content (AvgIpc) is 2.18. The fourth-order valence-corrected chi connectivity index (χ4v) is 2.04. The van der Waals surface area contributed by atoms with E-state index in [0.29, 0.717) is 11.6 Å². The van der Waals surface area contributed by atoms with E-state index < -0.39 is 0 Å². The number of benzene rings is 1. The topological polar surface area (TPSA) is 35.2 Å². The van der Waals surface area contributed by atoms with E-state index in [-0.39, 0.29) is 11.5 Å². The largest absolute Gasteiger partial charge is 0.492 e. The zero-order valence-electron chi connectivity index (χ0n) is 11.1. The fraction of sp³-hybridized carbons (Fsp3) is 0.571. The van der Waals surface area contributed by atoms with E-state index in [1.807, 2.05) is 25.1 Å². The summed E-state index contributed by atoms with van der Waals surface area (Å²) in [4.78, 5) is 0. The molecule has 2 N–H and O–H groups in total.